The summed E-state index contributed by atoms with van der Waals surface area (Å²) in [7, 11) is 0. The Bertz CT molecular complexity index is 653. The van der Waals surface area contributed by atoms with E-state index in [4.69, 9.17) is 0 Å². The molecular formula is C12H11BrN2S. The number of hydrogen-bond acceptors (Lipinski definition) is 2. The molecule has 0 N–H and O–H groups in total. The summed E-state index contributed by atoms with van der Waals surface area (Å²) in [6, 6.07) is 8.30. The number of thiazole rings is 1. The predicted molar refractivity (Wildman–Crippen MR) is 72.8 cm³/mol. The zero-order chi connectivity index (χ0) is 11.1. The van der Waals surface area contributed by atoms with E-state index < -0.39 is 0 Å². The number of fused-ring (bicyclic) bond motifs is 3. The molecule has 0 aliphatic carbocycles. The van der Waals surface area contributed by atoms with Crippen molar-refractivity contribution >= 4 is 43.3 Å². The van der Waals surface area contributed by atoms with Crippen molar-refractivity contribution in [2.75, 3.05) is 5.33 Å². The SMILES string of the molecule is Cc1c(CCBr)sc2nc3ccccc3n12. The van der Waals surface area contributed by atoms with E-state index in [0.29, 0.717) is 0 Å². The quantitative estimate of drug-likeness (QED) is 0.657. The molecule has 0 amide bonds. The molecule has 3 rings (SSSR count). The van der Waals surface area contributed by atoms with Crippen LogP contribution >= 0.6 is 27.3 Å². The molecule has 0 spiro atoms. The first-order valence-electron chi connectivity index (χ1n) is 5.22. The molecule has 0 aliphatic heterocycles. The van der Waals surface area contributed by atoms with E-state index >= 15 is 0 Å². The summed E-state index contributed by atoms with van der Waals surface area (Å²) in [6.07, 6.45) is 1.08. The fraction of sp³-hybridized carbons (Fsp3) is 0.250. The molecule has 0 bridgehead atoms. The smallest absolute Gasteiger partial charge is 0.195 e. The summed E-state index contributed by atoms with van der Waals surface area (Å²) in [5.74, 6) is 0. The Morgan fingerprint density at radius 3 is 3.00 bits per heavy atom. The first-order valence-corrected chi connectivity index (χ1v) is 7.16. The summed E-state index contributed by atoms with van der Waals surface area (Å²) in [6.45, 7) is 2.18. The van der Waals surface area contributed by atoms with Crippen molar-refractivity contribution in [2.45, 2.75) is 13.3 Å². The number of alkyl halides is 1. The van der Waals surface area contributed by atoms with Crippen molar-refractivity contribution in [1.29, 1.82) is 0 Å². The van der Waals surface area contributed by atoms with E-state index in [0.717, 1.165) is 22.2 Å². The van der Waals surface area contributed by atoms with Crippen LogP contribution in [-0.4, -0.2) is 14.7 Å². The third-order valence-corrected chi connectivity index (χ3v) is 4.40. The zero-order valence-electron chi connectivity index (χ0n) is 8.90. The van der Waals surface area contributed by atoms with Gasteiger partial charge in [0.1, 0.15) is 0 Å². The zero-order valence-corrected chi connectivity index (χ0v) is 11.3. The summed E-state index contributed by atoms with van der Waals surface area (Å²) in [4.78, 5) is 7.17. The molecule has 3 aromatic rings. The highest BCUT2D eigenvalue weighted by atomic mass is 79.9. The fourth-order valence-corrected chi connectivity index (χ4v) is 3.82. The third-order valence-electron chi connectivity index (χ3n) is 2.81. The topological polar surface area (TPSA) is 17.3 Å². The van der Waals surface area contributed by atoms with E-state index in [1.807, 2.05) is 6.07 Å². The Kier molecular flexibility index (Phi) is 2.48. The summed E-state index contributed by atoms with van der Waals surface area (Å²) >= 11 is 5.29. The second-order valence-corrected chi connectivity index (χ2v) is 5.62. The highest BCUT2D eigenvalue weighted by Gasteiger charge is 2.12. The van der Waals surface area contributed by atoms with Crippen LogP contribution in [0.25, 0.3) is 16.0 Å². The highest BCUT2D eigenvalue weighted by Crippen LogP contribution is 2.27. The Hall–Kier alpha value is -0.870. The normalized spacial score (nSPS) is 11.6. The lowest BCUT2D eigenvalue weighted by molar-refractivity contribution is 1.09. The van der Waals surface area contributed by atoms with Crippen LogP contribution in [0.3, 0.4) is 0 Å². The van der Waals surface area contributed by atoms with Gasteiger partial charge in [-0.3, -0.25) is 4.40 Å². The third kappa shape index (κ3) is 1.40. The molecule has 2 nitrogen and oxygen atoms in total. The molecule has 4 heteroatoms. The van der Waals surface area contributed by atoms with Crippen LogP contribution in [0, 0.1) is 6.92 Å². The van der Waals surface area contributed by atoms with E-state index in [-0.39, 0.29) is 0 Å². The highest BCUT2D eigenvalue weighted by molar-refractivity contribution is 9.09. The van der Waals surface area contributed by atoms with E-state index in [1.54, 1.807) is 11.3 Å². The number of rotatable bonds is 2. The minimum atomic E-state index is 1.01. The molecule has 0 fully saturated rings. The van der Waals surface area contributed by atoms with Gasteiger partial charge in [0.25, 0.3) is 0 Å². The van der Waals surface area contributed by atoms with E-state index in [2.05, 4.69) is 50.4 Å². The lowest BCUT2D eigenvalue weighted by atomic mass is 10.3. The number of aromatic nitrogens is 2. The van der Waals surface area contributed by atoms with Gasteiger partial charge in [0.15, 0.2) is 4.96 Å². The van der Waals surface area contributed by atoms with E-state index in [9.17, 15) is 0 Å². The van der Waals surface area contributed by atoms with Gasteiger partial charge in [0.05, 0.1) is 11.0 Å². The number of hydrogen-bond donors (Lipinski definition) is 0. The minimum Gasteiger partial charge on any atom is -0.287 e. The first kappa shape index (κ1) is 10.3. The molecule has 2 aromatic heterocycles. The number of imidazole rings is 1. The molecule has 2 heterocycles. The van der Waals surface area contributed by atoms with Crippen LogP contribution in [-0.2, 0) is 6.42 Å². The second kappa shape index (κ2) is 3.86. The Morgan fingerprint density at radius 2 is 2.19 bits per heavy atom. The molecule has 0 atom stereocenters. The maximum atomic E-state index is 4.65. The second-order valence-electron chi connectivity index (χ2n) is 3.77. The molecule has 16 heavy (non-hydrogen) atoms. The van der Waals surface area contributed by atoms with Gasteiger partial charge in [-0.1, -0.05) is 28.1 Å². The molecule has 1 aromatic carbocycles. The maximum absolute atomic E-state index is 4.65. The largest absolute Gasteiger partial charge is 0.287 e. The molecule has 0 saturated heterocycles. The monoisotopic (exact) mass is 294 g/mol. The number of halogens is 1. The maximum Gasteiger partial charge on any atom is 0.195 e. The van der Waals surface area contributed by atoms with Gasteiger partial charge in [0, 0.05) is 15.9 Å². The van der Waals surface area contributed by atoms with Crippen molar-refractivity contribution in [3.63, 3.8) is 0 Å². The molecule has 0 saturated carbocycles. The molecular weight excluding hydrogens is 284 g/mol. The van der Waals surface area contributed by atoms with E-state index in [1.165, 1.54) is 16.1 Å². The Balaban J connectivity index is 2.36. The van der Waals surface area contributed by atoms with Crippen molar-refractivity contribution in [3.05, 3.63) is 34.8 Å². The van der Waals surface area contributed by atoms with Gasteiger partial charge in [-0.05, 0) is 25.5 Å². The Labute approximate surface area is 106 Å². The lowest BCUT2D eigenvalue weighted by Gasteiger charge is -1.96. The number of para-hydroxylation sites is 2. The number of nitrogens with zero attached hydrogens (tertiary/aromatic N) is 2. The predicted octanol–water partition coefficient (Wildman–Crippen LogP) is 3.79. The van der Waals surface area contributed by atoms with Crippen molar-refractivity contribution in [1.82, 2.24) is 9.38 Å². The summed E-state index contributed by atoms with van der Waals surface area (Å²) < 4.78 is 2.26. The van der Waals surface area contributed by atoms with Gasteiger partial charge in [0.2, 0.25) is 0 Å². The fourth-order valence-electron chi connectivity index (χ4n) is 2.02. The summed E-state index contributed by atoms with van der Waals surface area (Å²) in [5.41, 5.74) is 3.63. The van der Waals surface area contributed by atoms with Crippen molar-refractivity contribution < 1.29 is 0 Å². The van der Waals surface area contributed by atoms with Crippen molar-refractivity contribution in [2.24, 2.45) is 0 Å². The van der Waals surface area contributed by atoms with Crippen LogP contribution < -0.4 is 0 Å². The van der Waals surface area contributed by atoms with Crippen LogP contribution in [0.4, 0.5) is 0 Å². The average molecular weight is 295 g/mol. The molecule has 0 unspecified atom stereocenters. The average Bonchev–Trinajstić information content (AvgIpc) is 2.78. The standard InChI is InChI=1S/C12H11BrN2S/c1-8-11(6-7-13)16-12-14-9-4-2-3-5-10(9)15(8)12/h2-5H,6-7H2,1H3. The number of aryl methyl sites for hydroxylation is 2. The van der Waals surface area contributed by atoms with Crippen LogP contribution in [0.1, 0.15) is 10.6 Å². The first-order chi connectivity index (χ1) is 7.81. The van der Waals surface area contributed by atoms with Crippen LogP contribution in [0.2, 0.25) is 0 Å². The number of benzene rings is 1. The lowest BCUT2D eigenvalue weighted by Crippen LogP contribution is -1.89. The van der Waals surface area contributed by atoms with Gasteiger partial charge in [-0.2, -0.15) is 0 Å². The minimum absolute atomic E-state index is 1.01. The van der Waals surface area contributed by atoms with Gasteiger partial charge >= 0.3 is 0 Å². The van der Waals surface area contributed by atoms with Crippen molar-refractivity contribution in [3.8, 4) is 0 Å². The molecule has 82 valence electrons. The van der Waals surface area contributed by atoms with Gasteiger partial charge in [-0.15, -0.1) is 11.3 Å². The van der Waals surface area contributed by atoms with Crippen LogP contribution in [0.15, 0.2) is 24.3 Å². The summed E-state index contributed by atoms with van der Waals surface area (Å²) in [5, 5.41) is 1.01. The molecule has 0 radical (unpaired) electrons. The Morgan fingerprint density at radius 1 is 1.38 bits per heavy atom. The van der Waals surface area contributed by atoms with Gasteiger partial charge in [-0.25, -0.2) is 4.98 Å². The molecule has 0 aliphatic rings. The van der Waals surface area contributed by atoms with Gasteiger partial charge < -0.3 is 0 Å². The van der Waals surface area contributed by atoms with Crippen LogP contribution in [0.5, 0.6) is 0 Å².